The molecule has 1 aromatic carbocycles. The van der Waals surface area contributed by atoms with Crippen LogP contribution in [0.25, 0.3) is 5.69 Å². The van der Waals surface area contributed by atoms with Gasteiger partial charge in [0.25, 0.3) is 0 Å². The molecule has 0 atom stereocenters. The number of para-hydroxylation sites is 1. The first kappa shape index (κ1) is 11.0. The molecule has 3 heteroatoms. The van der Waals surface area contributed by atoms with E-state index < -0.39 is 0 Å². The number of nitrogens with zero attached hydrogens (tertiary/aromatic N) is 2. The second-order valence-electron chi connectivity index (χ2n) is 4.62. The van der Waals surface area contributed by atoms with Gasteiger partial charge in [0.05, 0.1) is 5.69 Å². The topological polar surface area (TPSA) is 17.8 Å². The SMILES string of the molecule is Cc1ccccc1-n1nc(Br)c2c1CCCC2. The molecular formula is C14H15BrN2. The molecule has 0 N–H and O–H groups in total. The molecule has 0 saturated carbocycles. The maximum absolute atomic E-state index is 4.66. The molecule has 0 bridgehead atoms. The van der Waals surface area contributed by atoms with Crippen LogP contribution in [0.5, 0.6) is 0 Å². The Labute approximate surface area is 110 Å². The number of benzene rings is 1. The summed E-state index contributed by atoms with van der Waals surface area (Å²) in [6.45, 7) is 2.14. The molecule has 1 aromatic heterocycles. The summed E-state index contributed by atoms with van der Waals surface area (Å²) in [5, 5.41) is 4.66. The van der Waals surface area contributed by atoms with Crippen molar-refractivity contribution in [2.75, 3.05) is 0 Å². The van der Waals surface area contributed by atoms with Gasteiger partial charge in [-0.15, -0.1) is 0 Å². The predicted molar refractivity (Wildman–Crippen MR) is 72.6 cm³/mol. The summed E-state index contributed by atoms with van der Waals surface area (Å²) in [5.41, 5.74) is 5.27. The van der Waals surface area contributed by atoms with Crippen molar-refractivity contribution in [1.82, 2.24) is 9.78 Å². The summed E-state index contributed by atoms with van der Waals surface area (Å²) in [6.07, 6.45) is 4.85. The van der Waals surface area contributed by atoms with Gasteiger partial charge in [0.1, 0.15) is 4.60 Å². The third-order valence-electron chi connectivity index (χ3n) is 3.47. The lowest BCUT2D eigenvalue weighted by molar-refractivity contribution is 0.652. The van der Waals surface area contributed by atoms with Crippen LogP contribution in [0.1, 0.15) is 29.7 Å². The van der Waals surface area contributed by atoms with E-state index in [-0.39, 0.29) is 0 Å². The summed E-state index contributed by atoms with van der Waals surface area (Å²) >= 11 is 3.59. The molecule has 1 aliphatic carbocycles. The van der Waals surface area contributed by atoms with Gasteiger partial charge in [-0.2, -0.15) is 5.10 Å². The zero-order chi connectivity index (χ0) is 11.8. The van der Waals surface area contributed by atoms with Gasteiger partial charge in [-0.1, -0.05) is 18.2 Å². The Morgan fingerprint density at radius 1 is 1.18 bits per heavy atom. The monoisotopic (exact) mass is 290 g/mol. The fraction of sp³-hybridized carbons (Fsp3) is 0.357. The molecule has 0 spiro atoms. The molecule has 0 amide bonds. The molecule has 17 heavy (non-hydrogen) atoms. The number of aryl methyl sites for hydroxylation is 1. The van der Waals surface area contributed by atoms with Crippen molar-refractivity contribution in [2.45, 2.75) is 32.6 Å². The molecule has 2 aromatic rings. The number of fused-ring (bicyclic) bond motifs is 1. The lowest BCUT2D eigenvalue weighted by Crippen LogP contribution is -2.08. The van der Waals surface area contributed by atoms with Gasteiger partial charge in [-0.3, -0.25) is 0 Å². The molecular weight excluding hydrogens is 276 g/mol. The zero-order valence-electron chi connectivity index (χ0n) is 9.91. The Kier molecular flexibility index (Phi) is 2.79. The standard InChI is InChI=1S/C14H15BrN2/c1-10-6-2-4-8-12(10)17-13-9-5-3-7-11(13)14(15)16-17/h2,4,6,8H,3,5,7,9H2,1H3. The van der Waals surface area contributed by atoms with Crippen LogP contribution < -0.4 is 0 Å². The van der Waals surface area contributed by atoms with E-state index >= 15 is 0 Å². The highest BCUT2D eigenvalue weighted by Crippen LogP contribution is 2.30. The second kappa shape index (κ2) is 4.30. The zero-order valence-corrected chi connectivity index (χ0v) is 11.5. The van der Waals surface area contributed by atoms with E-state index in [2.05, 4.69) is 56.9 Å². The van der Waals surface area contributed by atoms with Gasteiger partial charge in [0, 0.05) is 11.3 Å². The highest BCUT2D eigenvalue weighted by atomic mass is 79.9. The van der Waals surface area contributed by atoms with Crippen molar-refractivity contribution in [3.8, 4) is 5.69 Å². The Morgan fingerprint density at radius 3 is 2.76 bits per heavy atom. The van der Waals surface area contributed by atoms with Gasteiger partial charge < -0.3 is 0 Å². The van der Waals surface area contributed by atoms with Crippen LogP contribution in [0.2, 0.25) is 0 Å². The van der Waals surface area contributed by atoms with Gasteiger partial charge in [0.15, 0.2) is 0 Å². The number of hydrogen-bond acceptors (Lipinski definition) is 1. The molecule has 1 heterocycles. The quantitative estimate of drug-likeness (QED) is 0.781. The highest BCUT2D eigenvalue weighted by Gasteiger charge is 2.20. The van der Waals surface area contributed by atoms with E-state index in [4.69, 9.17) is 0 Å². The van der Waals surface area contributed by atoms with Crippen LogP contribution in [0.15, 0.2) is 28.9 Å². The number of rotatable bonds is 1. The van der Waals surface area contributed by atoms with Gasteiger partial charge >= 0.3 is 0 Å². The Balaban J connectivity index is 2.19. The Hall–Kier alpha value is -1.09. The first-order valence-corrected chi connectivity index (χ1v) is 6.89. The van der Waals surface area contributed by atoms with E-state index in [0.29, 0.717) is 0 Å². The van der Waals surface area contributed by atoms with Crippen LogP contribution in [0.3, 0.4) is 0 Å². The first-order chi connectivity index (χ1) is 8.27. The maximum atomic E-state index is 4.66. The van der Waals surface area contributed by atoms with Crippen LogP contribution in [-0.2, 0) is 12.8 Å². The minimum absolute atomic E-state index is 1.02. The predicted octanol–water partition coefficient (Wildman–Crippen LogP) is 3.82. The molecule has 0 unspecified atom stereocenters. The third-order valence-corrected chi connectivity index (χ3v) is 4.11. The number of halogens is 1. The van der Waals surface area contributed by atoms with Crippen molar-refractivity contribution in [2.24, 2.45) is 0 Å². The van der Waals surface area contributed by atoms with Gasteiger partial charge in [-0.05, 0) is 60.2 Å². The van der Waals surface area contributed by atoms with E-state index in [1.54, 1.807) is 0 Å². The van der Waals surface area contributed by atoms with Crippen molar-refractivity contribution in [3.05, 3.63) is 45.7 Å². The largest absolute Gasteiger partial charge is 0.236 e. The molecule has 0 fully saturated rings. The summed E-state index contributed by atoms with van der Waals surface area (Å²) in [6, 6.07) is 8.43. The molecule has 1 aliphatic rings. The van der Waals surface area contributed by atoms with E-state index in [9.17, 15) is 0 Å². The Bertz CT molecular complexity index is 557. The maximum Gasteiger partial charge on any atom is 0.132 e. The molecule has 0 aliphatic heterocycles. The van der Waals surface area contributed by atoms with Crippen molar-refractivity contribution in [3.63, 3.8) is 0 Å². The summed E-state index contributed by atoms with van der Waals surface area (Å²) in [4.78, 5) is 0. The molecule has 2 nitrogen and oxygen atoms in total. The lowest BCUT2D eigenvalue weighted by Gasteiger charge is -2.15. The van der Waals surface area contributed by atoms with Crippen LogP contribution in [-0.4, -0.2) is 9.78 Å². The first-order valence-electron chi connectivity index (χ1n) is 6.09. The molecule has 0 radical (unpaired) electrons. The summed E-state index contributed by atoms with van der Waals surface area (Å²) in [5.74, 6) is 0. The minimum atomic E-state index is 1.02. The van der Waals surface area contributed by atoms with Crippen molar-refractivity contribution < 1.29 is 0 Å². The minimum Gasteiger partial charge on any atom is -0.236 e. The molecule has 88 valence electrons. The van der Waals surface area contributed by atoms with E-state index in [0.717, 1.165) is 17.4 Å². The van der Waals surface area contributed by atoms with Gasteiger partial charge in [-0.25, -0.2) is 4.68 Å². The number of hydrogen-bond donors (Lipinski definition) is 0. The summed E-state index contributed by atoms with van der Waals surface area (Å²) < 4.78 is 3.14. The highest BCUT2D eigenvalue weighted by molar-refractivity contribution is 9.10. The third kappa shape index (κ3) is 1.82. The fourth-order valence-electron chi connectivity index (χ4n) is 2.55. The smallest absolute Gasteiger partial charge is 0.132 e. The lowest BCUT2D eigenvalue weighted by atomic mass is 9.98. The van der Waals surface area contributed by atoms with Crippen LogP contribution in [0.4, 0.5) is 0 Å². The van der Waals surface area contributed by atoms with Crippen molar-refractivity contribution in [1.29, 1.82) is 0 Å². The fourth-order valence-corrected chi connectivity index (χ4v) is 3.14. The van der Waals surface area contributed by atoms with Crippen LogP contribution >= 0.6 is 15.9 Å². The van der Waals surface area contributed by atoms with Crippen molar-refractivity contribution >= 4 is 15.9 Å². The molecule has 0 saturated heterocycles. The summed E-state index contributed by atoms with van der Waals surface area (Å²) in [7, 11) is 0. The average Bonchev–Trinajstić information content (AvgIpc) is 2.68. The van der Waals surface area contributed by atoms with E-state index in [1.807, 2.05) is 0 Å². The number of aromatic nitrogens is 2. The Morgan fingerprint density at radius 2 is 1.94 bits per heavy atom. The van der Waals surface area contributed by atoms with Crippen LogP contribution in [0, 0.1) is 6.92 Å². The average molecular weight is 291 g/mol. The van der Waals surface area contributed by atoms with Gasteiger partial charge in [0.2, 0.25) is 0 Å². The second-order valence-corrected chi connectivity index (χ2v) is 5.37. The normalized spacial score (nSPS) is 14.7. The molecule has 3 rings (SSSR count). The van der Waals surface area contributed by atoms with E-state index in [1.165, 1.54) is 35.3 Å².